The van der Waals surface area contributed by atoms with Crippen LogP contribution in [0.15, 0.2) is 30.5 Å². The van der Waals surface area contributed by atoms with Crippen molar-refractivity contribution in [2.45, 2.75) is 44.4 Å². The zero-order valence-electron chi connectivity index (χ0n) is 20.1. The molecule has 4 rings (SSSR count). The maximum atomic E-state index is 15.1. The van der Waals surface area contributed by atoms with Crippen molar-refractivity contribution in [3.05, 3.63) is 41.3 Å². The Morgan fingerprint density at radius 2 is 2.00 bits per heavy atom. The molecule has 3 atom stereocenters. The number of anilines is 2. The summed E-state index contributed by atoms with van der Waals surface area (Å²) in [5.41, 5.74) is 1.49. The van der Waals surface area contributed by atoms with E-state index in [0.717, 1.165) is 5.69 Å². The van der Waals surface area contributed by atoms with Crippen LogP contribution in [-0.2, 0) is 9.53 Å². The molecule has 1 aromatic carbocycles. The Balaban J connectivity index is 1.41. The van der Waals surface area contributed by atoms with Gasteiger partial charge in [0.05, 0.1) is 36.5 Å². The Morgan fingerprint density at radius 3 is 2.63 bits per heavy atom. The molecule has 3 heterocycles. The minimum Gasteiger partial charge on any atom is -0.487 e. The Hall–Kier alpha value is -2.78. The molecule has 0 bridgehead atoms. The van der Waals surface area contributed by atoms with E-state index in [1.54, 1.807) is 32.5 Å². The molecule has 190 valence electrons. The predicted molar refractivity (Wildman–Crippen MR) is 131 cm³/mol. The fourth-order valence-electron chi connectivity index (χ4n) is 5.01. The summed E-state index contributed by atoms with van der Waals surface area (Å²) in [5.74, 6) is -0.647. The smallest absolute Gasteiger partial charge is 0.305 e. The fraction of sp³-hybridized carbons (Fsp3) is 0.520. The molecule has 1 N–H and O–H groups in total. The molecule has 0 unspecified atom stereocenters. The third kappa shape index (κ3) is 5.56. The number of aliphatic carboxylic acids is 1. The molecule has 0 saturated carbocycles. The zero-order valence-corrected chi connectivity index (χ0v) is 20.9. The van der Waals surface area contributed by atoms with Crippen LogP contribution in [-0.4, -0.2) is 68.2 Å². The van der Waals surface area contributed by atoms with Gasteiger partial charge in [-0.1, -0.05) is 18.5 Å². The number of nitrogens with zero attached hydrogens (tertiary/aromatic N) is 3. The second-order valence-electron chi connectivity index (χ2n) is 9.05. The van der Waals surface area contributed by atoms with Gasteiger partial charge in [-0.3, -0.25) is 4.79 Å². The van der Waals surface area contributed by atoms with Gasteiger partial charge in [0.1, 0.15) is 6.10 Å². The SMILES string of the molecule is COc1cc(N2CCC(Oc3ccc(N4C[C@H](OC)[C@@H](C)[C@@H]4CC(=O)O)cc3F)CC2)c(Cl)cn1. The van der Waals surface area contributed by atoms with E-state index < -0.39 is 11.8 Å². The van der Waals surface area contributed by atoms with Crippen molar-refractivity contribution in [2.75, 3.05) is 43.7 Å². The molecule has 35 heavy (non-hydrogen) atoms. The molecule has 2 saturated heterocycles. The number of rotatable bonds is 8. The van der Waals surface area contributed by atoms with Gasteiger partial charge in [0, 0.05) is 69.4 Å². The van der Waals surface area contributed by atoms with E-state index in [-0.39, 0.29) is 36.3 Å². The summed E-state index contributed by atoms with van der Waals surface area (Å²) in [5, 5.41) is 9.90. The van der Waals surface area contributed by atoms with E-state index in [2.05, 4.69) is 9.88 Å². The Kier molecular flexibility index (Phi) is 7.86. The summed E-state index contributed by atoms with van der Waals surface area (Å²) in [6, 6.07) is 6.38. The number of hydrogen-bond donors (Lipinski definition) is 1. The fourth-order valence-corrected chi connectivity index (χ4v) is 5.23. The van der Waals surface area contributed by atoms with Gasteiger partial charge in [-0.05, 0) is 12.1 Å². The van der Waals surface area contributed by atoms with Crippen LogP contribution < -0.4 is 19.3 Å². The number of methoxy groups -OCH3 is 2. The van der Waals surface area contributed by atoms with Crippen LogP contribution in [0.4, 0.5) is 15.8 Å². The topological polar surface area (TPSA) is 84.4 Å². The van der Waals surface area contributed by atoms with Crippen molar-refractivity contribution in [3.63, 3.8) is 0 Å². The number of ether oxygens (including phenoxy) is 3. The zero-order chi connectivity index (χ0) is 25.1. The highest BCUT2D eigenvalue weighted by Crippen LogP contribution is 2.36. The van der Waals surface area contributed by atoms with Crippen LogP contribution in [0.25, 0.3) is 0 Å². The van der Waals surface area contributed by atoms with E-state index in [4.69, 9.17) is 25.8 Å². The lowest BCUT2D eigenvalue weighted by Gasteiger charge is -2.34. The summed E-state index contributed by atoms with van der Waals surface area (Å²) >= 11 is 6.32. The third-order valence-electron chi connectivity index (χ3n) is 7.00. The maximum Gasteiger partial charge on any atom is 0.305 e. The molecule has 10 heteroatoms. The highest BCUT2D eigenvalue weighted by molar-refractivity contribution is 6.33. The van der Waals surface area contributed by atoms with Crippen molar-refractivity contribution < 1.29 is 28.5 Å². The van der Waals surface area contributed by atoms with Gasteiger partial charge in [-0.2, -0.15) is 0 Å². The molecule has 0 aliphatic carbocycles. The molecular formula is C25H31ClFN3O5. The quantitative estimate of drug-likeness (QED) is 0.568. The maximum absolute atomic E-state index is 15.1. The number of halogens is 2. The van der Waals surface area contributed by atoms with Crippen LogP contribution >= 0.6 is 11.6 Å². The minimum absolute atomic E-state index is 0.00846. The first kappa shape index (κ1) is 25.3. The van der Waals surface area contributed by atoms with E-state index in [1.165, 1.54) is 6.07 Å². The highest BCUT2D eigenvalue weighted by Gasteiger charge is 2.40. The van der Waals surface area contributed by atoms with Crippen molar-refractivity contribution in [2.24, 2.45) is 5.92 Å². The first-order valence-electron chi connectivity index (χ1n) is 11.7. The van der Waals surface area contributed by atoms with Crippen LogP contribution in [0.3, 0.4) is 0 Å². The van der Waals surface area contributed by atoms with Gasteiger partial charge in [0.2, 0.25) is 5.88 Å². The third-order valence-corrected chi connectivity index (χ3v) is 7.29. The molecule has 0 spiro atoms. The normalized spacial score (nSPS) is 22.9. The van der Waals surface area contributed by atoms with Crippen molar-refractivity contribution >= 4 is 28.9 Å². The molecular weight excluding hydrogens is 477 g/mol. The van der Waals surface area contributed by atoms with Crippen molar-refractivity contribution in [1.29, 1.82) is 0 Å². The number of piperidine rings is 1. The Labute approximate surface area is 209 Å². The number of carbonyl (C=O) groups is 1. The molecule has 0 amide bonds. The average molecular weight is 508 g/mol. The second kappa shape index (κ2) is 10.9. The first-order valence-corrected chi connectivity index (χ1v) is 12.1. The van der Waals surface area contributed by atoms with E-state index in [9.17, 15) is 9.90 Å². The first-order chi connectivity index (χ1) is 16.8. The van der Waals surface area contributed by atoms with Gasteiger partial charge < -0.3 is 29.1 Å². The number of carboxylic acids is 1. The van der Waals surface area contributed by atoms with Gasteiger partial charge in [-0.15, -0.1) is 0 Å². The highest BCUT2D eigenvalue weighted by atomic mass is 35.5. The minimum atomic E-state index is -0.887. The van der Waals surface area contributed by atoms with Gasteiger partial charge >= 0.3 is 5.97 Å². The summed E-state index contributed by atoms with van der Waals surface area (Å²) in [7, 11) is 3.18. The van der Waals surface area contributed by atoms with Crippen LogP contribution in [0, 0.1) is 11.7 Å². The number of hydrogen-bond acceptors (Lipinski definition) is 7. The predicted octanol–water partition coefficient (Wildman–Crippen LogP) is 4.24. The summed E-state index contributed by atoms with van der Waals surface area (Å²) in [4.78, 5) is 19.6. The second-order valence-corrected chi connectivity index (χ2v) is 9.46. The van der Waals surface area contributed by atoms with E-state index in [0.29, 0.717) is 49.1 Å². The van der Waals surface area contributed by atoms with E-state index in [1.807, 2.05) is 17.9 Å². The van der Waals surface area contributed by atoms with Crippen LogP contribution in [0.5, 0.6) is 11.6 Å². The lowest BCUT2D eigenvalue weighted by molar-refractivity contribution is -0.137. The number of aromatic nitrogens is 1. The Bertz CT molecular complexity index is 1050. The van der Waals surface area contributed by atoms with Gasteiger partial charge in [-0.25, -0.2) is 9.37 Å². The molecule has 2 aromatic rings. The van der Waals surface area contributed by atoms with Crippen molar-refractivity contribution in [1.82, 2.24) is 4.98 Å². The summed E-state index contributed by atoms with van der Waals surface area (Å²) in [6.45, 7) is 3.89. The van der Waals surface area contributed by atoms with E-state index >= 15 is 4.39 Å². The van der Waals surface area contributed by atoms with Crippen molar-refractivity contribution in [3.8, 4) is 11.6 Å². The average Bonchev–Trinajstić information content (AvgIpc) is 3.16. The van der Waals surface area contributed by atoms with Gasteiger partial charge in [0.15, 0.2) is 11.6 Å². The van der Waals surface area contributed by atoms with Crippen LogP contribution in [0.1, 0.15) is 26.2 Å². The number of benzene rings is 1. The number of carboxylic acid groups (broad SMARTS) is 1. The summed E-state index contributed by atoms with van der Waals surface area (Å²) < 4.78 is 31.8. The molecule has 2 aliphatic heterocycles. The Morgan fingerprint density at radius 1 is 1.26 bits per heavy atom. The standard InChI is InChI=1S/C25H31ClFN3O5/c1-15-20(12-25(31)32)30(14-23(15)33-2)16-4-5-22(19(27)10-16)35-17-6-8-29(9-7-17)21-11-24(34-3)28-13-18(21)26/h4-5,10-11,13,15,17,20,23H,6-9,12,14H2,1-3H3,(H,31,32)/t15-,20-,23-/m0/s1. The molecule has 0 radical (unpaired) electrons. The summed E-state index contributed by atoms with van der Waals surface area (Å²) in [6.07, 6.45) is 2.72. The van der Waals surface area contributed by atoms with Crippen LogP contribution in [0.2, 0.25) is 5.02 Å². The molecule has 1 aromatic heterocycles. The largest absolute Gasteiger partial charge is 0.487 e. The molecule has 2 aliphatic rings. The number of pyridine rings is 1. The molecule has 8 nitrogen and oxygen atoms in total. The molecule has 2 fully saturated rings. The lowest BCUT2D eigenvalue weighted by Crippen LogP contribution is -2.38. The monoisotopic (exact) mass is 507 g/mol. The van der Waals surface area contributed by atoms with Gasteiger partial charge in [0.25, 0.3) is 0 Å². The lowest BCUT2D eigenvalue weighted by atomic mass is 9.97.